The molecule has 1 unspecified atom stereocenters. The molecule has 1 aliphatic heterocycles. The highest BCUT2D eigenvalue weighted by Crippen LogP contribution is 2.35. The Kier molecular flexibility index (Phi) is 3.97. The van der Waals surface area contributed by atoms with Gasteiger partial charge in [-0.05, 0) is 19.4 Å². The van der Waals surface area contributed by atoms with E-state index in [9.17, 15) is 13.2 Å². The van der Waals surface area contributed by atoms with E-state index in [-0.39, 0.29) is 23.4 Å². The summed E-state index contributed by atoms with van der Waals surface area (Å²) < 4.78 is 39.2. The van der Waals surface area contributed by atoms with Gasteiger partial charge in [-0.3, -0.25) is 0 Å². The van der Waals surface area contributed by atoms with Crippen molar-refractivity contribution in [2.24, 2.45) is 0 Å². The summed E-state index contributed by atoms with van der Waals surface area (Å²) in [6.45, 7) is 1.69. The highest BCUT2D eigenvalue weighted by Gasteiger charge is 2.36. The largest absolute Gasteiger partial charge is 0.420 e. The monoisotopic (exact) mass is 312 g/mol. The molecule has 3 rings (SSSR count). The molecule has 0 radical (unpaired) electrons. The van der Waals surface area contributed by atoms with Crippen LogP contribution in [0.3, 0.4) is 0 Å². The van der Waals surface area contributed by atoms with Crippen molar-refractivity contribution in [3.05, 3.63) is 24.3 Å². The minimum Gasteiger partial charge on any atom is -0.351 e. The van der Waals surface area contributed by atoms with Crippen LogP contribution in [0, 0.1) is 0 Å². The molecule has 0 amide bonds. The van der Waals surface area contributed by atoms with Gasteiger partial charge in [0.2, 0.25) is 5.95 Å². The van der Waals surface area contributed by atoms with Gasteiger partial charge in [-0.25, -0.2) is 15.0 Å². The molecule has 1 aliphatic rings. The zero-order chi connectivity index (χ0) is 15.6. The summed E-state index contributed by atoms with van der Waals surface area (Å²) in [6, 6.07) is 0.109. The van der Waals surface area contributed by atoms with Crippen LogP contribution in [0.15, 0.2) is 18.7 Å². The zero-order valence-corrected chi connectivity index (χ0v) is 11.6. The Morgan fingerprint density at radius 2 is 2.14 bits per heavy atom. The normalized spacial score (nSPS) is 19.1. The lowest BCUT2D eigenvalue weighted by molar-refractivity contribution is -0.137. The smallest absolute Gasteiger partial charge is 0.351 e. The number of anilines is 1. The number of imidazole rings is 1. The summed E-state index contributed by atoms with van der Waals surface area (Å²) in [7, 11) is 0. The molecule has 0 aliphatic carbocycles. The fourth-order valence-electron chi connectivity index (χ4n) is 2.40. The van der Waals surface area contributed by atoms with Crippen molar-refractivity contribution in [1.29, 1.82) is 0 Å². The molecule has 3 heterocycles. The van der Waals surface area contributed by atoms with Crippen LogP contribution in [-0.4, -0.2) is 39.1 Å². The second-order valence-electron chi connectivity index (χ2n) is 5.10. The van der Waals surface area contributed by atoms with Gasteiger partial charge in [-0.15, -0.1) is 0 Å². The number of alkyl halides is 3. The molecule has 1 saturated heterocycles. The van der Waals surface area contributed by atoms with Crippen LogP contribution in [-0.2, 0) is 6.18 Å². The van der Waals surface area contributed by atoms with Crippen molar-refractivity contribution in [1.82, 2.24) is 25.3 Å². The third-order valence-electron chi connectivity index (χ3n) is 3.47. The van der Waals surface area contributed by atoms with Crippen LogP contribution in [0.4, 0.5) is 19.1 Å². The second kappa shape index (κ2) is 5.91. The van der Waals surface area contributed by atoms with Crippen LogP contribution >= 0.6 is 0 Å². The minimum atomic E-state index is -4.53. The van der Waals surface area contributed by atoms with E-state index in [2.05, 4.69) is 30.6 Å². The number of nitrogens with zero attached hydrogens (tertiary/aromatic N) is 3. The number of rotatable bonds is 3. The summed E-state index contributed by atoms with van der Waals surface area (Å²) in [4.78, 5) is 14.3. The Balaban J connectivity index is 1.92. The first-order chi connectivity index (χ1) is 10.5. The summed E-state index contributed by atoms with van der Waals surface area (Å²) in [6.07, 6.45) is 0.897. The van der Waals surface area contributed by atoms with Crippen molar-refractivity contribution in [3.63, 3.8) is 0 Å². The number of hydrogen-bond acceptors (Lipinski definition) is 5. The van der Waals surface area contributed by atoms with Crippen molar-refractivity contribution >= 4 is 5.95 Å². The molecule has 9 heteroatoms. The van der Waals surface area contributed by atoms with Gasteiger partial charge in [-0.2, -0.15) is 13.2 Å². The van der Waals surface area contributed by atoms with Gasteiger partial charge >= 0.3 is 6.18 Å². The molecule has 2 aromatic heterocycles. The van der Waals surface area contributed by atoms with Crippen LogP contribution in [0.1, 0.15) is 18.4 Å². The predicted octanol–water partition coefficient (Wildman–Crippen LogP) is 2.05. The Bertz CT molecular complexity index is 619. The maximum absolute atomic E-state index is 13.1. The molecule has 6 nitrogen and oxygen atoms in total. The Hall–Kier alpha value is -2.16. The second-order valence-corrected chi connectivity index (χ2v) is 5.10. The van der Waals surface area contributed by atoms with Crippen molar-refractivity contribution in [3.8, 4) is 11.4 Å². The number of aromatic nitrogens is 4. The summed E-state index contributed by atoms with van der Waals surface area (Å²) in [5.74, 6) is 0.180. The Labute approximate surface area is 124 Å². The third kappa shape index (κ3) is 3.19. The fourth-order valence-corrected chi connectivity index (χ4v) is 2.40. The molecule has 1 fully saturated rings. The molecule has 3 N–H and O–H groups in total. The maximum Gasteiger partial charge on any atom is 0.420 e. The van der Waals surface area contributed by atoms with E-state index >= 15 is 0 Å². The topological polar surface area (TPSA) is 78.5 Å². The van der Waals surface area contributed by atoms with E-state index < -0.39 is 11.7 Å². The highest BCUT2D eigenvalue weighted by atomic mass is 19.4. The van der Waals surface area contributed by atoms with Gasteiger partial charge < -0.3 is 15.6 Å². The van der Waals surface area contributed by atoms with Gasteiger partial charge in [0.1, 0.15) is 17.0 Å². The van der Waals surface area contributed by atoms with E-state index in [4.69, 9.17) is 0 Å². The summed E-state index contributed by atoms with van der Waals surface area (Å²) in [5, 5.41) is 6.29. The maximum atomic E-state index is 13.1. The van der Waals surface area contributed by atoms with Crippen LogP contribution < -0.4 is 10.6 Å². The Morgan fingerprint density at radius 3 is 2.77 bits per heavy atom. The van der Waals surface area contributed by atoms with Crippen LogP contribution in [0.5, 0.6) is 0 Å². The third-order valence-corrected chi connectivity index (χ3v) is 3.47. The van der Waals surface area contributed by atoms with E-state index in [0.717, 1.165) is 32.1 Å². The van der Waals surface area contributed by atoms with Gasteiger partial charge in [0, 0.05) is 25.0 Å². The van der Waals surface area contributed by atoms with Crippen molar-refractivity contribution in [2.45, 2.75) is 25.1 Å². The molecule has 118 valence electrons. The van der Waals surface area contributed by atoms with Crippen LogP contribution in [0.25, 0.3) is 11.4 Å². The number of halogens is 3. The summed E-state index contributed by atoms with van der Waals surface area (Å²) in [5.41, 5.74) is -0.985. The number of H-pyrrole nitrogens is 1. The Morgan fingerprint density at radius 1 is 1.27 bits per heavy atom. The number of aromatic amines is 1. The minimum absolute atomic E-state index is 0.109. The summed E-state index contributed by atoms with van der Waals surface area (Å²) >= 11 is 0. The number of nitrogens with one attached hydrogen (secondary N) is 3. The SMILES string of the molecule is FC(F)(F)c1cnc(NC2CCCNC2)nc1-c1c[nH]cn1. The molecular weight excluding hydrogens is 297 g/mol. The molecule has 0 aromatic carbocycles. The van der Waals surface area contributed by atoms with Gasteiger partial charge in [0.05, 0.1) is 6.33 Å². The molecule has 2 aromatic rings. The van der Waals surface area contributed by atoms with Crippen molar-refractivity contribution < 1.29 is 13.2 Å². The number of hydrogen-bond donors (Lipinski definition) is 3. The average Bonchev–Trinajstić information content (AvgIpc) is 3.01. The molecular formula is C13H15F3N6. The van der Waals surface area contributed by atoms with Crippen molar-refractivity contribution in [2.75, 3.05) is 18.4 Å². The average molecular weight is 312 g/mol. The van der Waals surface area contributed by atoms with E-state index in [1.54, 1.807) is 0 Å². The molecule has 0 spiro atoms. The molecule has 0 saturated carbocycles. The quantitative estimate of drug-likeness (QED) is 0.808. The lowest BCUT2D eigenvalue weighted by atomic mass is 10.1. The lowest BCUT2D eigenvalue weighted by Gasteiger charge is -2.24. The first kappa shape index (κ1) is 14.8. The van der Waals surface area contributed by atoms with Crippen LogP contribution in [0.2, 0.25) is 0 Å². The van der Waals surface area contributed by atoms with E-state index in [1.807, 2.05) is 0 Å². The fraction of sp³-hybridized carbons (Fsp3) is 0.462. The van der Waals surface area contributed by atoms with E-state index in [0.29, 0.717) is 0 Å². The first-order valence-corrected chi connectivity index (χ1v) is 6.94. The zero-order valence-electron chi connectivity index (χ0n) is 11.6. The molecule has 1 atom stereocenters. The number of piperidine rings is 1. The van der Waals surface area contributed by atoms with Gasteiger partial charge in [0.25, 0.3) is 0 Å². The van der Waals surface area contributed by atoms with E-state index in [1.165, 1.54) is 12.5 Å². The molecule has 0 bridgehead atoms. The highest BCUT2D eigenvalue weighted by molar-refractivity contribution is 5.60. The van der Waals surface area contributed by atoms with Gasteiger partial charge in [-0.1, -0.05) is 0 Å². The van der Waals surface area contributed by atoms with Gasteiger partial charge in [0.15, 0.2) is 0 Å². The standard InChI is InChI=1S/C13H15F3N6/c14-13(15,16)9-5-19-12(21-8-2-1-3-17-4-8)22-11(9)10-6-18-7-20-10/h5-8,17H,1-4H2,(H,18,20)(H,19,21,22). The predicted molar refractivity (Wildman–Crippen MR) is 74.1 cm³/mol. The lowest BCUT2D eigenvalue weighted by Crippen LogP contribution is -2.38. The molecule has 22 heavy (non-hydrogen) atoms. The first-order valence-electron chi connectivity index (χ1n) is 6.94.